The molecule has 0 aliphatic heterocycles. The summed E-state index contributed by atoms with van der Waals surface area (Å²) in [5.74, 6) is -0.421. The van der Waals surface area contributed by atoms with Gasteiger partial charge in [0.1, 0.15) is 6.73 Å². The van der Waals surface area contributed by atoms with Crippen molar-refractivity contribution < 1.29 is 19.4 Å². The molecule has 0 spiro atoms. The monoisotopic (exact) mass is 441 g/mol. The minimum Gasteiger partial charge on any atom is -0.465 e. The number of carbonyl (C=O) groups is 1. The molecule has 7 nitrogen and oxygen atoms in total. The first-order chi connectivity index (χ1) is 14.7. The lowest BCUT2D eigenvalue weighted by atomic mass is 10.00. The van der Waals surface area contributed by atoms with E-state index in [2.05, 4.69) is 29.7 Å². The lowest BCUT2D eigenvalue weighted by molar-refractivity contribution is 0.0600. The van der Waals surface area contributed by atoms with Crippen LogP contribution in [0.2, 0.25) is 25.7 Å². The van der Waals surface area contributed by atoms with Crippen molar-refractivity contribution in [3.63, 3.8) is 0 Å². The number of hydrogen-bond donors (Lipinski definition) is 1. The van der Waals surface area contributed by atoms with Crippen molar-refractivity contribution in [1.29, 1.82) is 0 Å². The summed E-state index contributed by atoms with van der Waals surface area (Å²) in [6.07, 6.45) is 3.04. The summed E-state index contributed by atoms with van der Waals surface area (Å²) in [5.41, 5.74) is 3.72. The molecule has 1 N–H and O–H groups in total. The molecule has 0 aliphatic rings. The smallest absolute Gasteiger partial charge is 0.337 e. The first-order valence-corrected chi connectivity index (χ1v) is 14.1. The molecule has 0 bridgehead atoms. The predicted octanol–water partition coefficient (Wildman–Crippen LogP) is 4.11. The molecule has 1 aromatic carbocycles. The van der Waals surface area contributed by atoms with Crippen LogP contribution in [-0.4, -0.2) is 47.6 Å². The third kappa shape index (κ3) is 6.22. The third-order valence-corrected chi connectivity index (χ3v) is 6.82. The number of hydrogen-bond acceptors (Lipinski definition) is 6. The molecule has 0 aliphatic carbocycles. The summed E-state index contributed by atoms with van der Waals surface area (Å²) < 4.78 is 12.4. The molecule has 0 saturated heterocycles. The number of benzene rings is 1. The SMILES string of the molecule is COC(=O)c1ccnc(CC(O)c2cc(C)c3nn(COCC[Si](C)(C)C)cc3c2)c1. The van der Waals surface area contributed by atoms with Crippen molar-refractivity contribution in [3.8, 4) is 0 Å². The molecule has 3 rings (SSSR count). The molecule has 31 heavy (non-hydrogen) atoms. The molecule has 2 heterocycles. The van der Waals surface area contributed by atoms with E-state index in [0.717, 1.165) is 34.7 Å². The molecular formula is C23H31N3O4Si. The second kappa shape index (κ2) is 9.72. The molecule has 1 unspecified atom stereocenters. The van der Waals surface area contributed by atoms with Gasteiger partial charge in [-0.25, -0.2) is 9.48 Å². The first kappa shape index (κ1) is 23.1. The largest absolute Gasteiger partial charge is 0.465 e. The Morgan fingerprint density at radius 1 is 1.26 bits per heavy atom. The molecule has 3 aromatic rings. The van der Waals surface area contributed by atoms with Crippen LogP contribution in [0.25, 0.3) is 10.9 Å². The Bertz CT molecular complexity index is 1060. The van der Waals surface area contributed by atoms with Gasteiger partial charge >= 0.3 is 5.97 Å². The molecular weight excluding hydrogens is 410 g/mol. The quantitative estimate of drug-likeness (QED) is 0.305. The zero-order valence-corrected chi connectivity index (χ0v) is 19.9. The second-order valence-electron chi connectivity index (χ2n) is 9.04. The fourth-order valence-corrected chi connectivity index (χ4v) is 4.09. The van der Waals surface area contributed by atoms with Crippen LogP contribution >= 0.6 is 0 Å². The van der Waals surface area contributed by atoms with Gasteiger partial charge in [-0.05, 0) is 42.3 Å². The van der Waals surface area contributed by atoms with Crippen molar-refractivity contribution in [2.75, 3.05) is 13.7 Å². The number of aromatic nitrogens is 3. The van der Waals surface area contributed by atoms with Crippen LogP contribution in [0.15, 0.2) is 36.7 Å². The summed E-state index contributed by atoms with van der Waals surface area (Å²) in [5, 5.41) is 16.4. The van der Waals surface area contributed by atoms with Gasteiger partial charge in [0.2, 0.25) is 0 Å². The molecule has 1 atom stereocenters. The van der Waals surface area contributed by atoms with Crippen molar-refractivity contribution in [3.05, 3.63) is 59.0 Å². The molecule has 0 amide bonds. The van der Waals surface area contributed by atoms with Gasteiger partial charge in [0.05, 0.1) is 24.3 Å². The zero-order valence-electron chi connectivity index (χ0n) is 18.9. The van der Waals surface area contributed by atoms with Gasteiger partial charge < -0.3 is 14.6 Å². The second-order valence-corrected chi connectivity index (χ2v) is 14.7. The number of fused-ring (bicyclic) bond motifs is 1. The lowest BCUT2D eigenvalue weighted by Crippen LogP contribution is -2.22. The highest BCUT2D eigenvalue weighted by Crippen LogP contribution is 2.25. The maximum atomic E-state index is 11.7. The van der Waals surface area contributed by atoms with E-state index in [4.69, 9.17) is 9.47 Å². The van der Waals surface area contributed by atoms with E-state index >= 15 is 0 Å². The minimum atomic E-state index is -1.11. The van der Waals surface area contributed by atoms with Crippen molar-refractivity contribution in [2.24, 2.45) is 0 Å². The summed E-state index contributed by atoms with van der Waals surface area (Å²) in [7, 11) is 0.226. The number of pyridine rings is 1. The third-order valence-electron chi connectivity index (χ3n) is 5.11. The number of methoxy groups -OCH3 is 1. The Kier molecular flexibility index (Phi) is 7.25. The van der Waals surface area contributed by atoms with E-state index in [0.29, 0.717) is 24.4 Å². The van der Waals surface area contributed by atoms with Gasteiger partial charge in [-0.3, -0.25) is 4.98 Å². The fraction of sp³-hybridized carbons (Fsp3) is 0.435. The van der Waals surface area contributed by atoms with Crippen LogP contribution in [0.3, 0.4) is 0 Å². The Morgan fingerprint density at radius 3 is 2.74 bits per heavy atom. The van der Waals surface area contributed by atoms with E-state index in [1.807, 2.05) is 25.3 Å². The van der Waals surface area contributed by atoms with Crippen LogP contribution in [0.5, 0.6) is 0 Å². The molecule has 8 heteroatoms. The number of aliphatic hydroxyl groups is 1. The molecule has 2 aromatic heterocycles. The molecule has 0 saturated carbocycles. The van der Waals surface area contributed by atoms with Crippen LogP contribution in [0, 0.1) is 6.92 Å². The van der Waals surface area contributed by atoms with Crippen molar-refractivity contribution in [2.45, 2.75) is 51.9 Å². The number of esters is 1. The van der Waals surface area contributed by atoms with Crippen LogP contribution in [-0.2, 0) is 22.6 Å². The first-order valence-electron chi connectivity index (χ1n) is 10.4. The van der Waals surface area contributed by atoms with E-state index < -0.39 is 20.1 Å². The normalized spacial score (nSPS) is 12.8. The van der Waals surface area contributed by atoms with E-state index in [1.165, 1.54) is 7.11 Å². The minimum absolute atomic E-state index is 0.295. The average molecular weight is 442 g/mol. The number of ether oxygens (including phenoxy) is 2. The maximum absolute atomic E-state index is 11.7. The summed E-state index contributed by atoms with van der Waals surface area (Å²) in [6, 6.07) is 8.26. The van der Waals surface area contributed by atoms with Crippen LogP contribution < -0.4 is 0 Å². The number of aryl methyl sites for hydroxylation is 1. The topological polar surface area (TPSA) is 86.5 Å². The lowest BCUT2D eigenvalue weighted by Gasteiger charge is -2.15. The number of nitrogens with zero attached hydrogens (tertiary/aromatic N) is 3. The van der Waals surface area contributed by atoms with Gasteiger partial charge in [-0.2, -0.15) is 5.10 Å². The molecule has 0 fully saturated rings. The standard InChI is InChI=1S/C23H31N3O4Si/c1-16-10-18(21(27)13-20-12-17(6-7-24-20)23(28)29-2)11-19-14-26(25-22(16)19)15-30-8-9-31(3,4)5/h6-7,10-12,14,21,27H,8-9,13,15H2,1-5H3. The Morgan fingerprint density at radius 2 is 2.03 bits per heavy atom. The Balaban J connectivity index is 1.72. The van der Waals surface area contributed by atoms with Gasteiger partial charge in [0, 0.05) is 44.6 Å². The van der Waals surface area contributed by atoms with Crippen LogP contribution in [0.4, 0.5) is 0 Å². The molecule has 0 radical (unpaired) electrons. The predicted molar refractivity (Wildman–Crippen MR) is 123 cm³/mol. The van der Waals surface area contributed by atoms with E-state index in [9.17, 15) is 9.90 Å². The van der Waals surface area contributed by atoms with Crippen molar-refractivity contribution in [1.82, 2.24) is 14.8 Å². The Labute approximate surface area is 184 Å². The summed E-state index contributed by atoms with van der Waals surface area (Å²) in [6.45, 7) is 10.1. The fourth-order valence-electron chi connectivity index (χ4n) is 3.33. The number of carbonyl (C=O) groups excluding carboxylic acids is 1. The Hall–Kier alpha value is -2.55. The van der Waals surface area contributed by atoms with E-state index in [-0.39, 0.29) is 0 Å². The zero-order chi connectivity index (χ0) is 22.6. The number of rotatable bonds is 9. The van der Waals surface area contributed by atoms with Gasteiger partial charge in [0.15, 0.2) is 0 Å². The van der Waals surface area contributed by atoms with Gasteiger partial charge in [-0.1, -0.05) is 25.7 Å². The maximum Gasteiger partial charge on any atom is 0.337 e. The summed E-state index contributed by atoms with van der Waals surface area (Å²) in [4.78, 5) is 16.0. The highest BCUT2D eigenvalue weighted by Gasteiger charge is 2.16. The number of aliphatic hydroxyl groups excluding tert-OH is 1. The summed E-state index contributed by atoms with van der Waals surface area (Å²) >= 11 is 0. The van der Waals surface area contributed by atoms with Gasteiger partial charge in [0.25, 0.3) is 0 Å². The highest BCUT2D eigenvalue weighted by molar-refractivity contribution is 6.76. The van der Waals surface area contributed by atoms with Gasteiger partial charge in [-0.15, -0.1) is 0 Å². The van der Waals surface area contributed by atoms with Crippen LogP contribution in [0.1, 0.15) is 33.3 Å². The molecule has 166 valence electrons. The van der Waals surface area contributed by atoms with E-state index in [1.54, 1.807) is 23.0 Å². The van der Waals surface area contributed by atoms with Crippen molar-refractivity contribution >= 4 is 24.9 Å². The highest BCUT2D eigenvalue weighted by atomic mass is 28.3. The average Bonchev–Trinajstić information content (AvgIpc) is 3.13.